The third-order valence-electron chi connectivity index (χ3n) is 7.74. The minimum absolute atomic E-state index is 0.0463. The van der Waals surface area contributed by atoms with E-state index in [-0.39, 0.29) is 45.2 Å². The molecule has 2 heterocycles. The summed E-state index contributed by atoms with van der Waals surface area (Å²) < 4.78 is 47.7. The molecule has 0 N–H and O–H groups in total. The molecule has 1 aromatic heterocycles. The minimum atomic E-state index is -4.32. The van der Waals surface area contributed by atoms with Crippen LogP contribution in [-0.4, -0.2) is 85.4 Å². The van der Waals surface area contributed by atoms with Gasteiger partial charge in [-0.1, -0.05) is 25.3 Å². The van der Waals surface area contributed by atoms with Crippen LogP contribution in [0.2, 0.25) is 0 Å². The van der Waals surface area contributed by atoms with Crippen LogP contribution in [0.15, 0.2) is 67.5 Å². The van der Waals surface area contributed by atoms with Crippen molar-refractivity contribution < 1.29 is 31.9 Å². The molecule has 0 bridgehead atoms. The van der Waals surface area contributed by atoms with E-state index in [1.54, 1.807) is 17.0 Å². The maximum Gasteiger partial charge on any atom is 0.330 e. The minimum Gasteiger partial charge on any atom is -0.496 e. The number of aromatic nitrogens is 1. The van der Waals surface area contributed by atoms with Gasteiger partial charge in [-0.25, -0.2) is 8.36 Å². The summed E-state index contributed by atoms with van der Waals surface area (Å²) in [6.07, 6.45) is 4.60. The van der Waals surface area contributed by atoms with Crippen molar-refractivity contribution in [1.82, 2.24) is 18.1 Å². The molecule has 1 saturated heterocycles. The topological polar surface area (TPSA) is 109 Å². The molecule has 228 valence electrons. The van der Waals surface area contributed by atoms with Crippen molar-refractivity contribution in [3.05, 3.63) is 90.0 Å². The average Bonchev–Trinajstić information content (AvgIpc) is 3.39. The van der Waals surface area contributed by atoms with Crippen LogP contribution in [0.25, 0.3) is 10.9 Å². The number of carbonyl (C=O) groups is 3. The van der Waals surface area contributed by atoms with Crippen molar-refractivity contribution in [3.8, 4) is 5.75 Å². The van der Waals surface area contributed by atoms with Gasteiger partial charge in [-0.3, -0.25) is 18.7 Å². The summed E-state index contributed by atoms with van der Waals surface area (Å²) in [6.45, 7) is 8.20. The molecule has 1 aliphatic rings. The van der Waals surface area contributed by atoms with E-state index in [2.05, 4.69) is 13.2 Å². The second-order valence-corrected chi connectivity index (χ2v) is 12.5. The van der Waals surface area contributed by atoms with E-state index in [0.29, 0.717) is 19.0 Å². The molecule has 4 rings (SSSR count). The number of piperidine rings is 1. The molecule has 2 aromatic carbocycles. The lowest BCUT2D eigenvalue weighted by molar-refractivity contribution is -0.124. The van der Waals surface area contributed by atoms with Crippen LogP contribution >= 0.6 is 0 Å². The number of allylic oxidation sites excluding steroid dienone is 1. The lowest BCUT2D eigenvalue weighted by Gasteiger charge is -2.32. The molecule has 1 aliphatic heterocycles. The molecule has 0 saturated carbocycles. The first-order chi connectivity index (χ1) is 20.3. The molecule has 0 unspecified atom stereocenters. The first kappa shape index (κ1) is 31.5. The Morgan fingerprint density at radius 1 is 1.07 bits per heavy atom. The second-order valence-electron chi connectivity index (χ2n) is 10.7. The van der Waals surface area contributed by atoms with Crippen LogP contribution in [0.1, 0.15) is 39.1 Å². The third kappa shape index (κ3) is 6.19. The van der Waals surface area contributed by atoms with Crippen molar-refractivity contribution in [2.75, 3.05) is 41.3 Å². The van der Waals surface area contributed by atoms with Gasteiger partial charge >= 0.3 is 10.2 Å². The lowest BCUT2D eigenvalue weighted by atomic mass is 9.90. The van der Waals surface area contributed by atoms with E-state index in [1.807, 2.05) is 0 Å². The quantitative estimate of drug-likeness (QED) is 0.196. The number of likely N-dealkylation sites (N-methyl/N-ethyl adjacent to an activating group) is 2. The average molecular weight is 611 g/mol. The summed E-state index contributed by atoms with van der Waals surface area (Å²) in [5.74, 6) is -1.98. The standard InChI is InChI=1S/C31H35FN4O6S/c1-7-20(2)34(5)43(40,41)36-19-26(29(37)31(39)33(3)4)24-17-25(28(42-6)18-27(24)36)30(38)35-14-12-22(13-15-35)16-21-8-10-23(32)11-9-21/h7-11,17-19,22H,1-2,12-16H2,3-6H3. The monoisotopic (exact) mass is 610 g/mol. The van der Waals surface area contributed by atoms with E-state index in [4.69, 9.17) is 4.74 Å². The van der Waals surface area contributed by atoms with Crippen molar-refractivity contribution in [3.63, 3.8) is 0 Å². The number of hydrogen-bond acceptors (Lipinski definition) is 6. The Labute approximate surface area is 250 Å². The molecule has 0 aliphatic carbocycles. The zero-order valence-electron chi connectivity index (χ0n) is 24.7. The van der Waals surface area contributed by atoms with Crippen molar-refractivity contribution in [2.45, 2.75) is 19.3 Å². The number of halogens is 1. The smallest absolute Gasteiger partial charge is 0.330 e. The highest BCUT2D eigenvalue weighted by molar-refractivity contribution is 7.87. The number of methoxy groups -OCH3 is 1. The number of fused-ring (bicyclic) bond motifs is 1. The summed E-state index contributed by atoms with van der Waals surface area (Å²) in [6, 6.07) is 9.20. The lowest BCUT2D eigenvalue weighted by Crippen LogP contribution is -2.39. The number of ether oxygens (including phenoxy) is 1. The maximum absolute atomic E-state index is 13.8. The van der Waals surface area contributed by atoms with Gasteiger partial charge in [0.05, 0.1) is 23.8 Å². The molecule has 0 radical (unpaired) electrons. The van der Waals surface area contributed by atoms with Gasteiger partial charge in [-0.2, -0.15) is 8.42 Å². The van der Waals surface area contributed by atoms with Gasteiger partial charge in [-0.05, 0) is 55.0 Å². The Morgan fingerprint density at radius 2 is 1.70 bits per heavy atom. The van der Waals surface area contributed by atoms with Crippen LogP contribution in [-0.2, 0) is 21.4 Å². The molecule has 12 heteroatoms. The summed E-state index contributed by atoms with van der Waals surface area (Å²) in [4.78, 5) is 42.5. The van der Waals surface area contributed by atoms with Gasteiger partial charge in [0.25, 0.3) is 17.6 Å². The molecule has 2 amide bonds. The van der Waals surface area contributed by atoms with Gasteiger partial charge in [0.1, 0.15) is 11.6 Å². The number of benzene rings is 2. The van der Waals surface area contributed by atoms with Gasteiger partial charge in [0.2, 0.25) is 0 Å². The van der Waals surface area contributed by atoms with E-state index in [0.717, 1.165) is 44.2 Å². The highest BCUT2D eigenvalue weighted by Crippen LogP contribution is 2.34. The Morgan fingerprint density at radius 3 is 2.26 bits per heavy atom. The van der Waals surface area contributed by atoms with Crippen LogP contribution in [0.3, 0.4) is 0 Å². The zero-order chi connectivity index (χ0) is 31.6. The normalized spacial score (nSPS) is 13.9. The van der Waals surface area contributed by atoms with Crippen molar-refractivity contribution in [1.29, 1.82) is 0 Å². The van der Waals surface area contributed by atoms with E-state index < -0.39 is 21.9 Å². The van der Waals surface area contributed by atoms with Crippen LogP contribution in [0.5, 0.6) is 5.75 Å². The molecule has 1 fully saturated rings. The van der Waals surface area contributed by atoms with Crippen LogP contribution in [0.4, 0.5) is 4.39 Å². The van der Waals surface area contributed by atoms with Crippen LogP contribution < -0.4 is 4.74 Å². The number of rotatable bonds is 10. The Kier molecular flexibility index (Phi) is 9.09. The first-order valence-electron chi connectivity index (χ1n) is 13.6. The maximum atomic E-state index is 13.8. The largest absolute Gasteiger partial charge is 0.496 e. The SMILES string of the molecule is C=CC(=C)N(C)S(=O)(=O)n1cc(C(=O)C(=O)N(C)C)c2cc(C(=O)N3CCC(Cc4ccc(F)cc4)CC3)c(OC)cc21. The first-order valence-corrected chi connectivity index (χ1v) is 15.0. The summed E-state index contributed by atoms with van der Waals surface area (Å²) in [7, 11) is 1.15. The van der Waals surface area contributed by atoms with E-state index in [9.17, 15) is 27.2 Å². The molecule has 0 atom stereocenters. The molecule has 3 aromatic rings. The number of carbonyl (C=O) groups excluding carboxylic acids is 3. The Balaban J connectivity index is 1.73. The Hall–Kier alpha value is -4.45. The summed E-state index contributed by atoms with van der Waals surface area (Å²) in [5, 5.41) is 0.108. The van der Waals surface area contributed by atoms with Gasteiger partial charge < -0.3 is 14.5 Å². The highest BCUT2D eigenvalue weighted by Gasteiger charge is 2.32. The van der Waals surface area contributed by atoms with Crippen LogP contribution in [0, 0.1) is 11.7 Å². The fourth-order valence-electron chi connectivity index (χ4n) is 5.12. The number of amides is 2. The second kappa shape index (κ2) is 12.4. The number of likely N-dealkylation sites (tertiary alicyclic amines) is 1. The molecule has 43 heavy (non-hydrogen) atoms. The zero-order valence-corrected chi connectivity index (χ0v) is 25.5. The Bertz CT molecular complexity index is 1700. The molecular formula is C31H35FN4O6S. The fourth-order valence-corrected chi connectivity index (χ4v) is 6.40. The van der Waals surface area contributed by atoms with Crippen molar-refractivity contribution >= 4 is 38.7 Å². The van der Waals surface area contributed by atoms with Gasteiger partial charge in [-0.15, -0.1) is 0 Å². The number of hydrogen-bond donors (Lipinski definition) is 0. The predicted octanol–water partition coefficient (Wildman–Crippen LogP) is 3.88. The van der Waals surface area contributed by atoms with Gasteiger partial charge in [0.15, 0.2) is 0 Å². The fraction of sp³-hybridized carbons (Fsp3) is 0.323. The van der Waals surface area contributed by atoms with E-state index in [1.165, 1.54) is 58.6 Å². The molecule has 10 nitrogen and oxygen atoms in total. The third-order valence-corrected chi connectivity index (χ3v) is 9.47. The molecular weight excluding hydrogens is 575 g/mol. The summed E-state index contributed by atoms with van der Waals surface area (Å²) >= 11 is 0. The van der Waals surface area contributed by atoms with E-state index >= 15 is 0 Å². The summed E-state index contributed by atoms with van der Waals surface area (Å²) in [5.41, 5.74) is 1.12. The highest BCUT2D eigenvalue weighted by atomic mass is 32.2. The number of nitrogens with zero attached hydrogens (tertiary/aromatic N) is 4. The number of Topliss-reactive ketones (excluding diaryl/α,β-unsaturated/α-hetero) is 1. The van der Waals surface area contributed by atoms with Gasteiger partial charge in [0, 0.05) is 57.6 Å². The predicted molar refractivity (Wildman–Crippen MR) is 162 cm³/mol. The van der Waals surface area contributed by atoms with Crippen molar-refractivity contribution in [2.24, 2.45) is 5.92 Å². The number of ketones is 1. The molecule has 0 spiro atoms.